The Kier molecular flexibility index (Phi) is 3.85. The maximum atomic E-state index is 13.1. The van der Waals surface area contributed by atoms with Gasteiger partial charge in [-0.15, -0.1) is 0 Å². The molecule has 0 aliphatic heterocycles. The second-order valence-electron chi connectivity index (χ2n) is 3.92. The van der Waals surface area contributed by atoms with E-state index in [0.717, 1.165) is 0 Å². The minimum absolute atomic E-state index is 0.296. The first-order valence-corrected chi connectivity index (χ1v) is 5.88. The molecule has 0 radical (unpaired) electrons. The van der Waals surface area contributed by atoms with Gasteiger partial charge in [-0.2, -0.15) is 0 Å². The third-order valence-electron chi connectivity index (χ3n) is 2.56. The summed E-state index contributed by atoms with van der Waals surface area (Å²) in [6, 6.07) is 5.99. The number of aromatic nitrogens is 2. The van der Waals surface area contributed by atoms with Crippen molar-refractivity contribution in [2.75, 3.05) is 6.61 Å². The number of hydrogen-bond donors (Lipinski definition) is 0. The van der Waals surface area contributed by atoms with Crippen molar-refractivity contribution in [3.63, 3.8) is 0 Å². The summed E-state index contributed by atoms with van der Waals surface area (Å²) in [5.41, 5.74) is 1.40. The summed E-state index contributed by atoms with van der Waals surface area (Å²) in [5.74, 6) is -0.427. The molecule has 1 aromatic heterocycles. The van der Waals surface area contributed by atoms with Crippen LogP contribution < -0.4 is 0 Å². The van der Waals surface area contributed by atoms with Crippen molar-refractivity contribution in [1.82, 2.24) is 9.97 Å². The molecule has 1 heterocycles. The Morgan fingerprint density at radius 2 is 2.21 bits per heavy atom. The van der Waals surface area contributed by atoms with Gasteiger partial charge in [-0.1, -0.05) is 12.1 Å². The van der Waals surface area contributed by atoms with E-state index in [9.17, 15) is 9.18 Å². The first kappa shape index (κ1) is 13.1. The van der Waals surface area contributed by atoms with Crippen LogP contribution in [0.3, 0.4) is 0 Å². The second-order valence-corrected chi connectivity index (χ2v) is 3.92. The molecule has 0 saturated heterocycles. The second kappa shape index (κ2) is 5.56. The third-order valence-corrected chi connectivity index (χ3v) is 2.56. The van der Waals surface area contributed by atoms with Crippen LogP contribution in [0, 0.1) is 12.7 Å². The number of esters is 1. The van der Waals surface area contributed by atoms with Gasteiger partial charge in [0.05, 0.1) is 17.9 Å². The average Bonchev–Trinajstić information content (AvgIpc) is 2.38. The lowest BCUT2D eigenvalue weighted by molar-refractivity contribution is 0.0524. The molecule has 0 amide bonds. The van der Waals surface area contributed by atoms with Crippen LogP contribution in [-0.4, -0.2) is 22.5 Å². The number of carbonyl (C=O) groups excluding carboxylic acids is 1. The van der Waals surface area contributed by atoms with Gasteiger partial charge in [0, 0.05) is 11.8 Å². The highest BCUT2D eigenvalue weighted by atomic mass is 19.1. The fourth-order valence-corrected chi connectivity index (χ4v) is 1.64. The Labute approximate surface area is 110 Å². The number of nitrogens with zero attached hydrogens (tertiary/aromatic N) is 2. The summed E-state index contributed by atoms with van der Waals surface area (Å²) >= 11 is 0. The summed E-state index contributed by atoms with van der Waals surface area (Å²) in [7, 11) is 0. The Bertz CT molecular complexity index is 614. The van der Waals surface area contributed by atoms with E-state index in [1.807, 2.05) is 0 Å². The maximum Gasteiger partial charge on any atom is 0.341 e. The number of rotatable bonds is 3. The molecule has 0 aliphatic carbocycles. The van der Waals surface area contributed by atoms with Crippen molar-refractivity contribution in [3.8, 4) is 11.4 Å². The minimum atomic E-state index is -0.453. The van der Waals surface area contributed by atoms with E-state index in [0.29, 0.717) is 29.3 Å². The highest BCUT2D eigenvalue weighted by molar-refractivity contribution is 5.90. The molecule has 0 spiro atoms. The molecule has 2 rings (SSSR count). The lowest BCUT2D eigenvalue weighted by atomic mass is 10.2. The van der Waals surface area contributed by atoms with Crippen molar-refractivity contribution in [3.05, 3.63) is 47.5 Å². The summed E-state index contributed by atoms with van der Waals surface area (Å²) < 4.78 is 18.0. The van der Waals surface area contributed by atoms with Crippen molar-refractivity contribution < 1.29 is 13.9 Å². The van der Waals surface area contributed by atoms with Crippen LogP contribution in [0.2, 0.25) is 0 Å². The molecule has 4 nitrogen and oxygen atoms in total. The normalized spacial score (nSPS) is 10.3. The topological polar surface area (TPSA) is 52.1 Å². The van der Waals surface area contributed by atoms with Crippen molar-refractivity contribution in [2.45, 2.75) is 13.8 Å². The molecule has 0 unspecified atom stereocenters. The largest absolute Gasteiger partial charge is 0.462 e. The Morgan fingerprint density at radius 1 is 1.42 bits per heavy atom. The third kappa shape index (κ3) is 2.93. The number of aryl methyl sites for hydroxylation is 1. The molecule has 98 valence electrons. The predicted octanol–water partition coefficient (Wildman–Crippen LogP) is 2.77. The van der Waals surface area contributed by atoms with E-state index < -0.39 is 5.97 Å². The van der Waals surface area contributed by atoms with Crippen LogP contribution in [0.15, 0.2) is 30.5 Å². The zero-order valence-corrected chi connectivity index (χ0v) is 10.7. The lowest BCUT2D eigenvalue weighted by Crippen LogP contribution is -2.09. The molecular formula is C14H13FN2O2. The van der Waals surface area contributed by atoms with E-state index in [-0.39, 0.29) is 5.82 Å². The van der Waals surface area contributed by atoms with Gasteiger partial charge < -0.3 is 4.74 Å². The predicted molar refractivity (Wildman–Crippen MR) is 68.1 cm³/mol. The van der Waals surface area contributed by atoms with E-state index in [1.165, 1.54) is 18.3 Å². The van der Waals surface area contributed by atoms with Crippen LogP contribution in [0.1, 0.15) is 23.0 Å². The van der Waals surface area contributed by atoms with Gasteiger partial charge >= 0.3 is 5.97 Å². The zero-order valence-electron chi connectivity index (χ0n) is 10.7. The highest BCUT2D eigenvalue weighted by Gasteiger charge is 2.13. The van der Waals surface area contributed by atoms with Crippen molar-refractivity contribution in [1.29, 1.82) is 0 Å². The molecule has 19 heavy (non-hydrogen) atoms. The lowest BCUT2D eigenvalue weighted by Gasteiger charge is -2.06. The van der Waals surface area contributed by atoms with Crippen LogP contribution in [-0.2, 0) is 4.74 Å². The Hall–Kier alpha value is -2.30. The summed E-state index contributed by atoms with van der Waals surface area (Å²) in [4.78, 5) is 19.9. The number of ether oxygens (including phenoxy) is 1. The molecule has 0 saturated carbocycles. The highest BCUT2D eigenvalue weighted by Crippen LogP contribution is 2.17. The molecule has 0 bridgehead atoms. The Balaban J connectivity index is 2.36. The van der Waals surface area contributed by atoms with Gasteiger partial charge in [-0.3, -0.25) is 0 Å². The Morgan fingerprint density at radius 3 is 2.84 bits per heavy atom. The van der Waals surface area contributed by atoms with E-state index in [4.69, 9.17) is 4.74 Å². The monoisotopic (exact) mass is 260 g/mol. The van der Waals surface area contributed by atoms with Crippen LogP contribution in [0.4, 0.5) is 4.39 Å². The van der Waals surface area contributed by atoms with Gasteiger partial charge in [-0.05, 0) is 26.0 Å². The van der Waals surface area contributed by atoms with Crippen molar-refractivity contribution in [2.24, 2.45) is 0 Å². The SMILES string of the molecule is CCOC(=O)c1cnc(-c2cccc(F)c2)nc1C. The first-order chi connectivity index (χ1) is 9.11. The fraction of sp³-hybridized carbons (Fsp3) is 0.214. The van der Waals surface area contributed by atoms with Crippen LogP contribution in [0.25, 0.3) is 11.4 Å². The zero-order chi connectivity index (χ0) is 13.8. The minimum Gasteiger partial charge on any atom is -0.462 e. The molecule has 0 atom stereocenters. The van der Waals surface area contributed by atoms with Crippen LogP contribution in [0.5, 0.6) is 0 Å². The molecule has 0 aliphatic rings. The van der Waals surface area contributed by atoms with Gasteiger partial charge in [-0.25, -0.2) is 19.2 Å². The number of benzene rings is 1. The molecule has 5 heteroatoms. The summed E-state index contributed by atoms with van der Waals surface area (Å²) in [6.07, 6.45) is 1.40. The maximum absolute atomic E-state index is 13.1. The van der Waals surface area contributed by atoms with Gasteiger partial charge in [0.15, 0.2) is 5.82 Å². The van der Waals surface area contributed by atoms with Crippen LogP contribution >= 0.6 is 0 Å². The molecule has 1 aromatic carbocycles. The fourth-order valence-electron chi connectivity index (χ4n) is 1.64. The van der Waals surface area contributed by atoms with Crippen molar-refractivity contribution >= 4 is 5.97 Å². The van der Waals surface area contributed by atoms with E-state index >= 15 is 0 Å². The van der Waals surface area contributed by atoms with Gasteiger partial charge in [0.2, 0.25) is 0 Å². The molecular weight excluding hydrogens is 247 g/mol. The summed E-state index contributed by atoms with van der Waals surface area (Å²) in [5, 5.41) is 0. The quantitative estimate of drug-likeness (QED) is 0.796. The van der Waals surface area contributed by atoms with Gasteiger partial charge in [0.25, 0.3) is 0 Å². The standard InChI is InChI=1S/C14H13FN2O2/c1-3-19-14(18)12-8-16-13(17-9(12)2)10-5-4-6-11(15)7-10/h4-8H,3H2,1-2H3. The average molecular weight is 260 g/mol. The van der Waals surface area contributed by atoms with Gasteiger partial charge in [0.1, 0.15) is 5.82 Å². The first-order valence-electron chi connectivity index (χ1n) is 5.88. The number of carbonyl (C=O) groups is 1. The number of halogens is 1. The summed E-state index contributed by atoms with van der Waals surface area (Å²) in [6.45, 7) is 3.72. The smallest absolute Gasteiger partial charge is 0.341 e. The molecule has 2 aromatic rings. The molecule has 0 fully saturated rings. The van der Waals surface area contributed by atoms with E-state index in [1.54, 1.807) is 26.0 Å². The molecule has 0 N–H and O–H groups in total. The number of hydrogen-bond acceptors (Lipinski definition) is 4. The van der Waals surface area contributed by atoms with E-state index in [2.05, 4.69) is 9.97 Å².